The highest BCUT2D eigenvalue weighted by Gasteiger charge is 2.31. The summed E-state index contributed by atoms with van der Waals surface area (Å²) in [5, 5.41) is 2.08. The molecule has 0 saturated carbocycles. The van der Waals surface area contributed by atoms with Crippen LogP contribution in [-0.4, -0.2) is 37.8 Å². The molecule has 1 N–H and O–H groups in total. The molecule has 1 unspecified atom stereocenters. The SMILES string of the molecule is O=C(CCl)NCC1CCCS1(=O)=O. The molecule has 0 aliphatic carbocycles. The first-order chi connectivity index (χ1) is 6.06. The van der Waals surface area contributed by atoms with Crippen LogP contribution in [0.4, 0.5) is 0 Å². The van der Waals surface area contributed by atoms with Crippen LogP contribution < -0.4 is 5.32 Å². The molecule has 0 aromatic carbocycles. The van der Waals surface area contributed by atoms with Crippen molar-refractivity contribution < 1.29 is 13.2 Å². The van der Waals surface area contributed by atoms with E-state index in [1.54, 1.807) is 0 Å². The molecule has 0 radical (unpaired) electrons. The fraction of sp³-hybridized carbons (Fsp3) is 0.857. The van der Waals surface area contributed by atoms with Gasteiger partial charge in [0.1, 0.15) is 5.88 Å². The predicted octanol–water partition coefficient (Wildman–Crippen LogP) is -0.0814. The maximum Gasteiger partial charge on any atom is 0.234 e. The molecule has 0 bridgehead atoms. The van der Waals surface area contributed by atoms with Crippen molar-refractivity contribution in [1.29, 1.82) is 0 Å². The number of alkyl halides is 1. The van der Waals surface area contributed by atoms with E-state index in [4.69, 9.17) is 11.6 Å². The smallest absolute Gasteiger partial charge is 0.234 e. The molecule has 0 aromatic rings. The van der Waals surface area contributed by atoms with Crippen molar-refractivity contribution in [1.82, 2.24) is 5.32 Å². The van der Waals surface area contributed by atoms with Gasteiger partial charge in [0.2, 0.25) is 5.91 Å². The third-order valence-electron chi connectivity index (χ3n) is 2.11. The molecule has 6 heteroatoms. The Labute approximate surface area is 82.6 Å². The Balaban J connectivity index is 2.42. The highest BCUT2D eigenvalue weighted by Crippen LogP contribution is 2.18. The number of carbonyl (C=O) groups is 1. The normalized spacial score (nSPS) is 25.8. The van der Waals surface area contributed by atoms with Crippen LogP contribution in [0.25, 0.3) is 0 Å². The maximum absolute atomic E-state index is 11.3. The van der Waals surface area contributed by atoms with Crippen LogP contribution in [0, 0.1) is 0 Å². The Morgan fingerprint density at radius 2 is 2.23 bits per heavy atom. The van der Waals surface area contributed by atoms with Crippen molar-refractivity contribution in [2.75, 3.05) is 18.2 Å². The summed E-state index contributed by atoms with van der Waals surface area (Å²) < 4.78 is 22.6. The minimum Gasteiger partial charge on any atom is -0.354 e. The molecule has 1 aliphatic heterocycles. The second kappa shape index (κ2) is 4.28. The minimum absolute atomic E-state index is 0.118. The van der Waals surface area contributed by atoms with Crippen molar-refractivity contribution in [3.8, 4) is 0 Å². The van der Waals surface area contributed by atoms with E-state index in [1.165, 1.54) is 0 Å². The molecular weight excluding hydrogens is 214 g/mol. The first-order valence-corrected chi connectivity index (χ1v) is 6.35. The van der Waals surface area contributed by atoms with Crippen molar-refractivity contribution >= 4 is 27.3 Å². The van der Waals surface area contributed by atoms with Crippen LogP contribution in [0.2, 0.25) is 0 Å². The van der Waals surface area contributed by atoms with E-state index < -0.39 is 15.1 Å². The molecule has 4 nitrogen and oxygen atoms in total. The maximum atomic E-state index is 11.3. The lowest BCUT2D eigenvalue weighted by atomic mass is 10.2. The standard InChI is InChI=1S/C7H12ClNO3S/c8-4-7(10)9-5-6-2-1-3-13(6,11)12/h6H,1-5H2,(H,9,10). The molecule has 1 saturated heterocycles. The van der Waals surface area contributed by atoms with Crippen molar-refractivity contribution in [3.63, 3.8) is 0 Å². The molecule has 1 heterocycles. The van der Waals surface area contributed by atoms with Gasteiger partial charge < -0.3 is 5.32 Å². The second-order valence-corrected chi connectivity index (χ2v) is 5.74. The van der Waals surface area contributed by atoms with E-state index in [2.05, 4.69) is 5.32 Å². The van der Waals surface area contributed by atoms with Gasteiger partial charge in [-0.25, -0.2) is 8.42 Å². The van der Waals surface area contributed by atoms with E-state index in [0.29, 0.717) is 12.8 Å². The van der Waals surface area contributed by atoms with Gasteiger partial charge in [-0.15, -0.1) is 11.6 Å². The van der Waals surface area contributed by atoms with Crippen LogP contribution >= 0.6 is 11.6 Å². The Morgan fingerprint density at radius 1 is 1.54 bits per heavy atom. The van der Waals surface area contributed by atoms with Crippen molar-refractivity contribution in [2.45, 2.75) is 18.1 Å². The monoisotopic (exact) mass is 225 g/mol. The summed E-state index contributed by atoms with van der Waals surface area (Å²) in [7, 11) is -2.95. The van der Waals surface area contributed by atoms with E-state index in [-0.39, 0.29) is 24.1 Å². The number of sulfone groups is 1. The predicted molar refractivity (Wildman–Crippen MR) is 50.5 cm³/mol. The third kappa shape index (κ3) is 2.84. The number of nitrogens with one attached hydrogen (secondary N) is 1. The quantitative estimate of drug-likeness (QED) is 0.684. The zero-order chi connectivity index (χ0) is 9.90. The van der Waals surface area contributed by atoms with Gasteiger partial charge in [0.25, 0.3) is 0 Å². The molecule has 1 fully saturated rings. The topological polar surface area (TPSA) is 63.2 Å². The van der Waals surface area contributed by atoms with E-state index in [9.17, 15) is 13.2 Å². The number of hydrogen-bond acceptors (Lipinski definition) is 3. The number of halogens is 1. The summed E-state index contributed by atoms with van der Waals surface area (Å²) in [5.41, 5.74) is 0. The fourth-order valence-electron chi connectivity index (χ4n) is 1.36. The average molecular weight is 226 g/mol. The van der Waals surface area contributed by atoms with Crippen LogP contribution in [-0.2, 0) is 14.6 Å². The van der Waals surface area contributed by atoms with E-state index in [1.807, 2.05) is 0 Å². The highest BCUT2D eigenvalue weighted by molar-refractivity contribution is 7.92. The Hall–Kier alpha value is -0.290. The van der Waals surface area contributed by atoms with Gasteiger partial charge in [-0.3, -0.25) is 4.79 Å². The molecule has 0 aromatic heterocycles. The molecule has 76 valence electrons. The zero-order valence-corrected chi connectivity index (χ0v) is 8.70. The summed E-state index contributed by atoms with van der Waals surface area (Å²) in [6.07, 6.45) is 1.34. The largest absolute Gasteiger partial charge is 0.354 e. The van der Waals surface area contributed by atoms with Gasteiger partial charge in [-0.05, 0) is 12.8 Å². The van der Waals surface area contributed by atoms with Crippen LogP contribution in [0.1, 0.15) is 12.8 Å². The van der Waals surface area contributed by atoms with Gasteiger partial charge in [0.15, 0.2) is 9.84 Å². The summed E-state index contributed by atoms with van der Waals surface area (Å²) in [4.78, 5) is 10.7. The fourth-order valence-corrected chi connectivity index (χ4v) is 3.22. The average Bonchev–Trinajstić information content (AvgIpc) is 2.41. The van der Waals surface area contributed by atoms with Gasteiger partial charge in [-0.1, -0.05) is 0 Å². The van der Waals surface area contributed by atoms with Gasteiger partial charge in [0.05, 0.1) is 11.0 Å². The first-order valence-electron chi connectivity index (χ1n) is 4.10. The lowest BCUT2D eigenvalue weighted by Crippen LogP contribution is -2.35. The minimum atomic E-state index is -2.95. The highest BCUT2D eigenvalue weighted by atomic mass is 35.5. The van der Waals surface area contributed by atoms with Gasteiger partial charge in [-0.2, -0.15) is 0 Å². The van der Waals surface area contributed by atoms with Gasteiger partial charge >= 0.3 is 0 Å². The third-order valence-corrected chi connectivity index (χ3v) is 4.63. The zero-order valence-electron chi connectivity index (χ0n) is 7.12. The molecule has 0 spiro atoms. The lowest BCUT2D eigenvalue weighted by Gasteiger charge is -2.09. The second-order valence-electron chi connectivity index (χ2n) is 3.07. The van der Waals surface area contributed by atoms with Crippen LogP contribution in [0.5, 0.6) is 0 Å². The molecular formula is C7H12ClNO3S. The molecule has 1 aliphatic rings. The first kappa shape index (κ1) is 10.8. The van der Waals surface area contributed by atoms with E-state index in [0.717, 1.165) is 0 Å². The molecule has 1 amide bonds. The number of hydrogen-bond donors (Lipinski definition) is 1. The van der Waals surface area contributed by atoms with Crippen molar-refractivity contribution in [2.24, 2.45) is 0 Å². The summed E-state index contributed by atoms with van der Waals surface area (Å²) in [5.74, 6) is -0.190. The Kier molecular flexibility index (Phi) is 3.55. The van der Waals surface area contributed by atoms with E-state index >= 15 is 0 Å². The van der Waals surface area contributed by atoms with Crippen LogP contribution in [0.3, 0.4) is 0 Å². The summed E-state index contributed by atoms with van der Waals surface area (Å²) in [6, 6.07) is 0. The Morgan fingerprint density at radius 3 is 2.69 bits per heavy atom. The number of carbonyl (C=O) groups excluding carboxylic acids is 1. The number of amides is 1. The molecule has 13 heavy (non-hydrogen) atoms. The Bertz CT molecular complexity index is 288. The van der Waals surface area contributed by atoms with Crippen LogP contribution in [0.15, 0.2) is 0 Å². The van der Waals surface area contributed by atoms with Crippen molar-refractivity contribution in [3.05, 3.63) is 0 Å². The molecule has 1 atom stereocenters. The lowest BCUT2D eigenvalue weighted by molar-refractivity contribution is -0.118. The summed E-state index contributed by atoms with van der Waals surface area (Å²) in [6.45, 7) is 0.202. The van der Waals surface area contributed by atoms with Gasteiger partial charge in [0, 0.05) is 6.54 Å². The summed E-state index contributed by atoms with van der Waals surface area (Å²) >= 11 is 5.25. The molecule has 1 rings (SSSR count). The number of rotatable bonds is 3.